The maximum Gasteiger partial charge on any atom is 0.0282 e. The molecule has 9 heavy (non-hydrogen) atoms. The largest absolute Gasteiger partial charge is 0.212 e. The number of nitrogens with one attached hydrogen (secondary N) is 1. The highest BCUT2D eigenvalue weighted by Crippen LogP contribution is 2.05. The topological polar surface area (TPSA) is 24.5 Å². The van der Waals surface area contributed by atoms with E-state index in [0.29, 0.717) is 0 Å². The zero-order chi connectivity index (χ0) is 6.69. The van der Waals surface area contributed by atoms with Crippen molar-refractivity contribution in [2.75, 3.05) is 20.1 Å². The molecule has 1 unspecified atom stereocenters. The molecular weight excluding hydrogens is 116 g/mol. The molecule has 1 rings (SSSR count). The van der Waals surface area contributed by atoms with Crippen molar-refractivity contribution in [3.8, 4) is 0 Å². The van der Waals surface area contributed by atoms with Crippen LogP contribution in [0.4, 0.5) is 0 Å². The number of hydrogen-bond donors (Lipinski definition) is 1. The Morgan fingerprint density at radius 1 is 1.67 bits per heavy atom. The zero-order valence-corrected chi connectivity index (χ0v) is 6.05. The van der Waals surface area contributed by atoms with Crippen LogP contribution >= 0.6 is 0 Å². The van der Waals surface area contributed by atoms with Crippen molar-refractivity contribution in [1.82, 2.24) is 10.5 Å². The number of rotatable bonds is 0. The minimum atomic E-state index is 0.741. The SMILES string of the molecule is CC1CCNON(C)C1. The molecule has 0 radical (unpaired) electrons. The molecule has 0 aromatic rings. The van der Waals surface area contributed by atoms with Crippen molar-refractivity contribution in [2.24, 2.45) is 5.92 Å². The minimum Gasteiger partial charge on any atom is -0.212 e. The van der Waals surface area contributed by atoms with Crippen molar-refractivity contribution in [2.45, 2.75) is 13.3 Å². The second kappa shape index (κ2) is 3.15. The molecule has 0 spiro atoms. The van der Waals surface area contributed by atoms with Gasteiger partial charge in [-0.15, -0.1) is 0 Å². The zero-order valence-electron chi connectivity index (χ0n) is 6.05. The molecule has 0 aromatic heterocycles. The lowest BCUT2D eigenvalue weighted by molar-refractivity contribution is -0.187. The van der Waals surface area contributed by atoms with Gasteiger partial charge in [-0.1, -0.05) is 6.92 Å². The van der Waals surface area contributed by atoms with Gasteiger partial charge in [-0.25, -0.2) is 4.94 Å². The summed E-state index contributed by atoms with van der Waals surface area (Å²) in [5.74, 6) is 0.741. The van der Waals surface area contributed by atoms with Gasteiger partial charge >= 0.3 is 0 Å². The summed E-state index contributed by atoms with van der Waals surface area (Å²) in [5.41, 5.74) is 2.85. The van der Waals surface area contributed by atoms with Gasteiger partial charge in [-0.2, -0.15) is 10.5 Å². The van der Waals surface area contributed by atoms with Crippen LogP contribution in [0, 0.1) is 5.92 Å². The van der Waals surface area contributed by atoms with E-state index in [9.17, 15) is 0 Å². The van der Waals surface area contributed by atoms with Crippen molar-refractivity contribution >= 4 is 0 Å². The molecule has 3 nitrogen and oxygen atoms in total. The maximum absolute atomic E-state index is 5.06. The predicted molar refractivity (Wildman–Crippen MR) is 35.5 cm³/mol. The van der Waals surface area contributed by atoms with Gasteiger partial charge in [0.1, 0.15) is 0 Å². The molecule has 0 bridgehead atoms. The maximum atomic E-state index is 5.06. The fourth-order valence-electron chi connectivity index (χ4n) is 1.03. The average Bonchev–Trinajstić information content (AvgIpc) is 1.93. The van der Waals surface area contributed by atoms with E-state index in [1.165, 1.54) is 6.42 Å². The smallest absolute Gasteiger partial charge is 0.0282 e. The number of nitrogens with zero attached hydrogens (tertiary/aromatic N) is 1. The van der Waals surface area contributed by atoms with Crippen LogP contribution < -0.4 is 5.48 Å². The van der Waals surface area contributed by atoms with Crippen molar-refractivity contribution in [1.29, 1.82) is 0 Å². The highest BCUT2D eigenvalue weighted by molar-refractivity contribution is 4.56. The van der Waals surface area contributed by atoms with Crippen LogP contribution in [0.1, 0.15) is 13.3 Å². The molecule has 1 aliphatic rings. The number of hydroxylamine groups is 3. The van der Waals surface area contributed by atoms with Crippen LogP contribution in [-0.4, -0.2) is 25.2 Å². The molecule has 0 aliphatic carbocycles. The van der Waals surface area contributed by atoms with E-state index in [2.05, 4.69) is 12.4 Å². The summed E-state index contributed by atoms with van der Waals surface area (Å²) in [6.07, 6.45) is 1.20. The third kappa shape index (κ3) is 2.30. The van der Waals surface area contributed by atoms with E-state index in [4.69, 9.17) is 4.94 Å². The standard InChI is InChI=1S/C6H14N2O/c1-6-3-4-7-9-8(2)5-6/h6-7H,3-5H2,1-2H3. The van der Waals surface area contributed by atoms with Crippen LogP contribution in [0.2, 0.25) is 0 Å². The first-order valence-corrected chi connectivity index (χ1v) is 3.40. The van der Waals surface area contributed by atoms with E-state index in [-0.39, 0.29) is 0 Å². The summed E-state index contributed by atoms with van der Waals surface area (Å²) in [6.45, 7) is 4.21. The van der Waals surface area contributed by atoms with Crippen LogP contribution in [0.15, 0.2) is 0 Å². The van der Waals surface area contributed by atoms with Crippen molar-refractivity contribution < 1.29 is 4.94 Å². The lowest BCUT2D eigenvalue weighted by Crippen LogP contribution is -2.26. The Kier molecular flexibility index (Phi) is 2.45. The normalized spacial score (nSPS) is 32.0. The molecule has 1 N–H and O–H groups in total. The summed E-state index contributed by atoms with van der Waals surface area (Å²) >= 11 is 0. The summed E-state index contributed by atoms with van der Waals surface area (Å²) in [5, 5.41) is 1.83. The molecule has 1 saturated heterocycles. The highest BCUT2D eigenvalue weighted by Gasteiger charge is 2.10. The second-order valence-corrected chi connectivity index (χ2v) is 2.69. The van der Waals surface area contributed by atoms with E-state index in [1.807, 2.05) is 12.1 Å². The Bertz CT molecular complexity index is 77.1. The van der Waals surface area contributed by atoms with Gasteiger partial charge in [0, 0.05) is 20.1 Å². The summed E-state index contributed by atoms with van der Waals surface area (Å²) in [7, 11) is 1.94. The van der Waals surface area contributed by atoms with Crippen molar-refractivity contribution in [3.63, 3.8) is 0 Å². The van der Waals surface area contributed by atoms with E-state index < -0.39 is 0 Å². The Morgan fingerprint density at radius 2 is 2.44 bits per heavy atom. The molecule has 3 heteroatoms. The first-order valence-electron chi connectivity index (χ1n) is 3.40. The Hall–Kier alpha value is -0.120. The van der Waals surface area contributed by atoms with Gasteiger partial charge in [0.15, 0.2) is 0 Å². The Morgan fingerprint density at radius 3 is 3.22 bits per heavy atom. The van der Waals surface area contributed by atoms with Gasteiger partial charge < -0.3 is 0 Å². The average molecular weight is 130 g/mol. The highest BCUT2D eigenvalue weighted by atomic mass is 16.8. The third-order valence-electron chi connectivity index (χ3n) is 1.53. The fourth-order valence-corrected chi connectivity index (χ4v) is 1.03. The molecule has 0 aromatic carbocycles. The van der Waals surface area contributed by atoms with Crippen LogP contribution in [0.5, 0.6) is 0 Å². The van der Waals surface area contributed by atoms with Crippen LogP contribution in [0.25, 0.3) is 0 Å². The third-order valence-corrected chi connectivity index (χ3v) is 1.53. The lowest BCUT2D eigenvalue weighted by atomic mass is 10.1. The Labute approximate surface area is 55.9 Å². The quantitative estimate of drug-likeness (QED) is 0.513. The molecule has 1 aliphatic heterocycles. The summed E-state index contributed by atoms with van der Waals surface area (Å²) in [4.78, 5) is 5.06. The molecule has 1 fully saturated rings. The van der Waals surface area contributed by atoms with Gasteiger partial charge in [0.05, 0.1) is 0 Å². The van der Waals surface area contributed by atoms with Gasteiger partial charge in [-0.3, -0.25) is 0 Å². The fraction of sp³-hybridized carbons (Fsp3) is 1.00. The second-order valence-electron chi connectivity index (χ2n) is 2.69. The number of hydrogen-bond acceptors (Lipinski definition) is 3. The predicted octanol–water partition coefficient (Wildman–Crippen LogP) is 0.394. The summed E-state index contributed by atoms with van der Waals surface area (Å²) in [6, 6.07) is 0. The molecule has 1 heterocycles. The monoisotopic (exact) mass is 130 g/mol. The molecule has 1 atom stereocenters. The first-order chi connectivity index (χ1) is 4.29. The molecule has 0 amide bonds. The molecule has 54 valence electrons. The van der Waals surface area contributed by atoms with E-state index >= 15 is 0 Å². The molecule has 0 saturated carbocycles. The van der Waals surface area contributed by atoms with Gasteiger partial charge in [-0.05, 0) is 12.3 Å². The lowest BCUT2D eigenvalue weighted by Gasteiger charge is -2.13. The van der Waals surface area contributed by atoms with Crippen LogP contribution in [-0.2, 0) is 4.94 Å². The van der Waals surface area contributed by atoms with E-state index in [0.717, 1.165) is 19.0 Å². The van der Waals surface area contributed by atoms with Gasteiger partial charge in [0.25, 0.3) is 0 Å². The molecular formula is C6H14N2O. The summed E-state index contributed by atoms with van der Waals surface area (Å²) < 4.78 is 0. The Balaban J connectivity index is 2.29. The van der Waals surface area contributed by atoms with Crippen molar-refractivity contribution in [3.05, 3.63) is 0 Å². The minimum absolute atomic E-state index is 0.741. The van der Waals surface area contributed by atoms with Crippen LogP contribution in [0.3, 0.4) is 0 Å². The van der Waals surface area contributed by atoms with E-state index in [1.54, 1.807) is 0 Å². The van der Waals surface area contributed by atoms with Gasteiger partial charge in [0.2, 0.25) is 0 Å². The first kappa shape index (κ1) is 6.99.